The van der Waals surface area contributed by atoms with Crippen LogP contribution in [-0.2, 0) is 4.79 Å². The summed E-state index contributed by atoms with van der Waals surface area (Å²) in [5.74, 6) is 0.684. The Hall–Kier alpha value is -2.13. The Morgan fingerprint density at radius 2 is 1.76 bits per heavy atom. The number of esters is 1. The molecular weight excluding hydrogens is 310 g/mol. The van der Waals surface area contributed by atoms with Crippen LogP contribution in [0.4, 0.5) is 0 Å². The normalized spacial score (nSPS) is 28.7. The Morgan fingerprint density at radius 1 is 1.04 bits per heavy atom. The largest absolute Gasteiger partial charge is 0.426 e. The van der Waals surface area contributed by atoms with Crippen LogP contribution in [0, 0.1) is 12.8 Å². The van der Waals surface area contributed by atoms with Gasteiger partial charge in [-0.25, -0.2) is 0 Å². The monoisotopic (exact) mass is 335 g/mol. The summed E-state index contributed by atoms with van der Waals surface area (Å²) in [6, 6.07) is 19.0. The lowest BCUT2D eigenvalue weighted by molar-refractivity contribution is -0.143. The fraction of sp³-hybridized carbons (Fsp3) is 0.409. The molecule has 0 radical (unpaired) electrons. The summed E-state index contributed by atoms with van der Waals surface area (Å²) in [4.78, 5) is 15.5. The molecule has 3 heteroatoms. The van der Waals surface area contributed by atoms with Crippen LogP contribution in [0.2, 0.25) is 0 Å². The summed E-state index contributed by atoms with van der Waals surface area (Å²) >= 11 is 0. The fourth-order valence-corrected chi connectivity index (χ4v) is 4.62. The van der Waals surface area contributed by atoms with Gasteiger partial charge < -0.3 is 4.74 Å². The summed E-state index contributed by atoms with van der Waals surface area (Å²) in [7, 11) is 2.16. The van der Waals surface area contributed by atoms with Crippen molar-refractivity contribution in [2.45, 2.75) is 44.2 Å². The number of carbonyl (C=O) groups is 1. The number of rotatable bonds is 3. The summed E-state index contributed by atoms with van der Waals surface area (Å²) in [6.45, 7) is 2.10. The van der Waals surface area contributed by atoms with Crippen molar-refractivity contribution in [3.63, 3.8) is 0 Å². The van der Waals surface area contributed by atoms with Gasteiger partial charge in [0.25, 0.3) is 0 Å². The predicted octanol–water partition coefficient (Wildman–Crippen LogP) is 4.17. The number of piperidine rings is 1. The quantitative estimate of drug-likeness (QED) is 0.623. The SMILES string of the molecule is Cc1ccc([C@H]2C[C@H]3CC[C@@H]([C@H]2C(=O)Oc2ccccc2)N3C)cc1. The van der Waals surface area contributed by atoms with Gasteiger partial charge in [-0.15, -0.1) is 0 Å². The minimum Gasteiger partial charge on any atom is -0.426 e. The van der Waals surface area contributed by atoms with E-state index in [2.05, 4.69) is 43.1 Å². The maximum Gasteiger partial charge on any atom is 0.316 e. The molecule has 2 heterocycles. The molecule has 4 atom stereocenters. The molecule has 2 fully saturated rings. The molecule has 2 aliphatic heterocycles. The third kappa shape index (κ3) is 3.09. The maximum atomic E-state index is 13.1. The molecule has 2 saturated heterocycles. The van der Waals surface area contributed by atoms with Gasteiger partial charge in [-0.3, -0.25) is 9.69 Å². The number of para-hydroxylation sites is 1. The molecule has 0 aliphatic carbocycles. The summed E-state index contributed by atoms with van der Waals surface area (Å²) in [5.41, 5.74) is 2.52. The average Bonchev–Trinajstić information content (AvgIpc) is 2.86. The molecule has 0 spiro atoms. The Balaban J connectivity index is 1.64. The van der Waals surface area contributed by atoms with Crippen LogP contribution in [-0.4, -0.2) is 30.0 Å². The number of fused-ring (bicyclic) bond motifs is 2. The molecule has 0 aromatic heterocycles. The second kappa shape index (κ2) is 6.64. The van der Waals surface area contributed by atoms with E-state index in [0.717, 1.165) is 12.8 Å². The van der Waals surface area contributed by atoms with Crippen LogP contribution in [0.15, 0.2) is 54.6 Å². The van der Waals surface area contributed by atoms with Crippen molar-refractivity contribution in [1.82, 2.24) is 4.90 Å². The van der Waals surface area contributed by atoms with Crippen molar-refractivity contribution < 1.29 is 9.53 Å². The minimum atomic E-state index is -0.105. The first-order chi connectivity index (χ1) is 12.1. The van der Waals surface area contributed by atoms with Crippen molar-refractivity contribution in [1.29, 1.82) is 0 Å². The molecule has 2 aromatic carbocycles. The average molecular weight is 335 g/mol. The van der Waals surface area contributed by atoms with E-state index in [-0.39, 0.29) is 23.8 Å². The number of nitrogens with zero attached hydrogens (tertiary/aromatic N) is 1. The molecule has 130 valence electrons. The van der Waals surface area contributed by atoms with E-state index in [0.29, 0.717) is 11.8 Å². The van der Waals surface area contributed by atoms with Crippen molar-refractivity contribution in [2.24, 2.45) is 5.92 Å². The summed E-state index contributed by atoms with van der Waals surface area (Å²) in [5, 5.41) is 0. The van der Waals surface area contributed by atoms with Gasteiger partial charge in [0.15, 0.2) is 0 Å². The van der Waals surface area contributed by atoms with Crippen molar-refractivity contribution in [3.05, 3.63) is 65.7 Å². The highest BCUT2D eigenvalue weighted by molar-refractivity contribution is 5.77. The third-order valence-electron chi connectivity index (χ3n) is 6.01. The zero-order chi connectivity index (χ0) is 17.4. The van der Waals surface area contributed by atoms with Gasteiger partial charge >= 0.3 is 5.97 Å². The molecule has 0 unspecified atom stereocenters. The molecule has 2 bridgehead atoms. The topological polar surface area (TPSA) is 29.5 Å². The second-order valence-corrected chi connectivity index (χ2v) is 7.48. The molecule has 25 heavy (non-hydrogen) atoms. The predicted molar refractivity (Wildman–Crippen MR) is 98.7 cm³/mol. The highest BCUT2D eigenvalue weighted by Crippen LogP contribution is 2.46. The van der Waals surface area contributed by atoms with Crippen LogP contribution in [0.25, 0.3) is 0 Å². The van der Waals surface area contributed by atoms with Gasteiger partial charge in [-0.1, -0.05) is 48.0 Å². The number of hydrogen-bond donors (Lipinski definition) is 0. The first-order valence-corrected chi connectivity index (χ1v) is 9.19. The Kier molecular flexibility index (Phi) is 4.34. The van der Waals surface area contributed by atoms with E-state index in [9.17, 15) is 4.79 Å². The standard InChI is InChI=1S/C22H25NO2/c1-15-8-10-16(11-9-15)19-14-17-12-13-20(23(17)2)21(19)22(24)25-18-6-4-3-5-7-18/h3-11,17,19-21H,12-14H2,1-2H3/t17-,19-,20+,21+/m1/s1. The van der Waals surface area contributed by atoms with E-state index < -0.39 is 0 Å². The van der Waals surface area contributed by atoms with E-state index in [1.54, 1.807) is 0 Å². The highest BCUT2D eigenvalue weighted by atomic mass is 16.5. The Labute approximate surface area is 149 Å². The van der Waals surface area contributed by atoms with Crippen molar-refractivity contribution in [3.8, 4) is 5.75 Å². The van der Waals surface area contributed by atoms with Crippen LogP contribution in [0.1, 0.15) is 36.3 Å². The fourth-order valence-electron chi connectivity index (χ4n) is 4.62. The van der Waals surface area contributed by atoms with Crippen molar-refractivity contribution in [2.75, 3.05) is 7.05 Å². The molecule has 2 aromatic rings. The molecule has 4 rings (SSSR count). The second-order valence-electron chi connectivity index (χ2n) is 7.48. The molecule has 3 nitrogen and oxygen atoms in total. The summed E-state index contributed by atoms with van der Waals surface area (Å²) in [6.07, 6.45) is 3.29. The van der Waals surface area contributed by atoms with E-state index in [4.69, 9.17) is 4.74 Å². The van der Waals surface area contributed by atoms with Crippen LogP contribution in [0.5, 0.6) is 5.75 Å². The van der Waals surface area contributed by atoms with E-state index >= 15 is 0 Å². The lowest BCUT2D eigenvalue weighted by atomic mass is 9.76. The number of aryl methyl sites for hydroxylation is 1. The van der Waals surface area contributed by atoms with Gasteiger partial charge in [0.1, 0.15) is 5.75 Å². The number of carbonyl (C=O) groups excluding carboxylic acids is 1. The molecule has 2 aliphatic rings. The van der Waals surface area contributed by atoms with E-state index in [1.807, 2.05) is 30.3 Å². The van der Waals surface area contributed by atoms with Crippen LogP contribution >= 0.6 is 0 Å². The minimum absolute atomic E-state index is 0.0889. The molecule has 0 N–H and O–H groups in total. The zero-order valence-corrected chi connectivity index (χ0v) is 14.9. The Morgan fingerprint density at radius 3 is 2.48 bits per heavy atom. The smallest absolute Gasteiger partial charge is 0.316 e. The Bertz CT molecular complexity index is 740. The first-order valence-electron chi connectivity index (χ1n) is 9.19. The van der Waals surface area contributed by atoms with Crippen LogP contribution < -0.4 is 4.74 Å². The van der Waals surface area contributed by atoms with Gasteiger partial charge in [-0.2, -0.15) is 0 Å². The lowest BCUT2D eigenvalue weighted by Crippen LogP contribution is -2.49. The molecule has 0 saturated carbocycles. The van der Waals surface area contributed by atoms with Gasteiger partial charge in [0, 0.05) is 18.0 Å². The van der Waals surface area contributed by atoms with Crippen LogP contribution in [0.3, 0.4) is 0 Å². The maximum absolute atomic E-state index is 13.1. The van der Waals surface area contributed by atoms with Gasteiger partial charge in [-0.05, 0) is 50.9 Å². The lowest BCUT2D eigenvalue weighted by Gasteiger charge is -2.41. The summed E-state index contributed by atoms with van der Waals surface area (Å²) < 4.78 is 5.76. The molecule has 0 amide bonds. The third-order valence-corrected chi connectivity index (χ3v) is 6.01. The number of hydrogen-bond acceptors (Lipinski definition) is 3. The number of benzene rings is 2. The number of ether oxygens (including phenoxy) is 1. The zero-order valence-electron chi connectivity index (χ0n) is 14.9. The molecular formula is C22H25NO2. The van der Waals surface area contributed by atoms with Crippen molar-refractivity contribution >= 4 is 5.97 Å². The first kappa shape index (κ1) is 16.3. The van der Waals surface area contributed by atoms with E-state index in [1.165, 1.54) is 17.5 Å². The highest BCUT2D eigenvalue weighted by Gasteiger charge is 2.49. The van der Waals surface area contributed by atoms with Gasteiger partial charge in [0.2, 0.25) is 0 Å². The van der Waals surface area contributed by atoms with Gasteiger partial charge in [0.05, 0.1) is 5.92 Å².